The normalized spacial score (nSPS) is 17.9. The van der Waals surface area contributed by atoms with Crippen LogP contribution in [0.15, 0.2) is 49.1 Å². The average molecular weight is 380 g/mol. The molecule has 2 aromatic heterocycles. The van der Waals surface area contributed by atoms with Gasteiger partial charge in [0.15, 0.2) is 5.82 Å². The van der Waals surface area contributed by atoms with Crippen molar-refractivity contribution >= 4 is 0 Å². The van der Waals surface area contributed by atoms with Gasteiger partial charge in [-0.05, 0) is 26.3 Å². The van der Waals surface area contributed by atoms with Gasteiger partial charge in [-0.3, -0.25) is 4.90 Å². The summed E-state index contributed by atoms with van der Waals surface area (Å²) in [6.45, 7) is 6.05. The fourth-order valence-corrected chi connectivity index (χ4v) is 4.17. The first-order chi connectivity index (χ1) is 13.8. The van der Waals surface area contributed by atoms with E-state index in [0.29, 0.717) is 0 Å². The van der Waals surface area contributed by atoms with E-state index in [1.807, 2.05) is 36.9 Å². The third kappa shape index (κ3) is 3.75. The standard InChI is InChI=1S/C22H29N5O/c1-2-25-13-11-23-22(25)21-20(18-8-4-3-5-9-18)24-17-27(21)15-14-26-12-7-6-10-19(26)16-28/h3-5,8-9,11,13,17,19,28H,2,6-7,10,12,14-16H2,1H3/t19-/m1/s1. The van der Waals surface area contributed by atoms with Crippen LogP contribution in [-0.2, 0) is 13.1 Å². The first-order valence-electron chi connectivity index (χ1n) is 10.3. The van der Waals surface area contributed by atoms with Gasteiger partial charge in [-0.1, -0.05) is 36.8 Å². The van der Waals surface area contributed by atoms with Crippen LogP contribution in [0.3, 0.4) is 0 Å². The Balaban J connectivity index is 1.66. The molecule has 0 amide bonds. The van der Waals surface area contributed by atoms with Gasteiger partial charge in [0.05, 0.1) is 18.6 Å². The summed E-state index contributed by atoms with van der Waals surface area (Å²) >= 11 is 0. The fraction of sp³-hybridized carbons (Fsp3) is 0.455. The van der Waals surface area contributed by atoms with Crippen molar-refractivity contribution in [2.45, 2.75) is 45.3 Å². The molecule has 1 aliphatic rings. The molecule has 3 aromatic rings. The first-order valence-corrected chi connectivity index (χ1v) is 10.3. The van der Waals surface area contributed by atoms with Crippen molar-refractivity contribution in [1.29, 1.82) is 0 Å². The van der Waals surface area contributed by atoms with Crippen LogP contribution in [-0.4, -0.2) is 54.8 Å². The van der Waals surface area contributed by atoms with Crippen molar-refractivity contribution in [2.75, 3.05) is 19.7 Å². The summed E-state index contributed by atoms with van der Waals surface area (Å²) in [4.78, 5) is 11.8. The largest absolute Gasteiger partial charge is 0.395 e. The van der Waals surface area contributed by atoms with E-state index in [9.17, 15) is 5.11 Å². The lowest BCUT2D eigenvalue weighted by Gasteiger charge is -2.34. The van der Waals surface area contributed by atoms with Gasteiger partial charge < -0.3 is 14.2 Å². The molecule has 0 unspecified atom stereocenters. The number of likely N-dealkylation sites (tertiary alicyclic amines) is 1. The second kappa shape index (κ2) is 8.71. The molecule has 1 N–H and O–H groups in total. The number of aliphatic hydroxyl groups is 1. The highest BCUT2D eigenvalue weighted by atomic mass is 16.3. The Labute approximate surface area is 166 Å². The van der Waals surface area contributed by atoms with E-state index in [4.69, 9.17) is 4.98 Å². The van der Waals surface area contributed by atoms with Gasteiger partial charge in [-0.25, -0.2) is 9.97 Å². The molecule has 148 valence electrons. The highest BCUT2D eigenvalue weighted by Crippen LogP contribution is 2.30. The molecule has 1 aromatic carbocycles. The smallest absolute Gasteiger partial charge is 0.158 e. The van der Waals surface area contributed by atoms with Gasteiger partial charge in [0.25, 0.3) is 0 Å². The molecule has 6 heteroatoms. The molecule has 4 rings (SSSR count). The number of imidazole rings is 2. The van der Waals surface area contributed by atoms with Crippen LogP contribution in [0.1, 0.15) is 26.2 Å². The number of hydrogen-bond donors (Lipinski definition) is 1. The average Bonchev–Trinajstić information content (AvgIpc) is 3.39. The van der Waals surface area contributed by atoms with Crippen LogP contribution in [0.5, 0.6) is 0 Å². The van der Waals surface area contributed by atoms with Crippen LogP contribution in [0.2, 0.25) is 0 Å². The molecule has 0 saturated carbocycles. The lowest BCUT2D eigenvalue weighted by atomic mass is 10.0. The van der Waals surface area contributed by atoms with E-state index in [-0.39, 0.29) is 12.6 Å². The predicted molar refractivity (Wildman–Crippen MR) is 111 cm³/mol. The summed E-state index contributed by atoms with van der Waals surface area (Å²) in [5.74, 6) is 0.955. The van der Waals surface area contributed by atoms with Gasteiger partial charge in [-0.2, -0.15) is 0 Å². The summed E-state index contributed by atoms with van der Waals surface area (Å²) in [6.07, 6.45) is 9.32. The van der Waals surface area contributed by atoms with Crippen LogP contribution in [0.25, 0.3) is 22.8 Å². The number of nitrogens with zero attached hydrogens (tertiary/aromatic N) is 5. The number of benzene rings is 1. The third-order valence-electron chi connectivity index (χ3n) is 5.74. The molecular weight excluding hydrogens is 350 g/mol. The van der Waals surface area contributed by atoms with Crippen LogP contribution in [0.4, 0.5) is 0 Å². The molecule has 0 bridgehead atoms. The number of aryl methyl sites for hydroxylation is 1. The molecule has 6 nitrogen and oxygen atoms in total. The van der Waals surface area contributed by atoms with E-state index >= 15 is 0 Å². The summed E-state index contributed by atoms with van der Waals surface area (Å²) in [5, 5.41) is 9.71. The molecule has 1 saturated heterocycles. The molecule has 1 atom stereocenters. The highest BCUT2D eigenvalue weighted by Gasteiger charge is 2.23. The van der Waals surface area contributed by atoms with Crippen molar-refractivity contribution in [3.63, 3.8) is 0 Å². The van der Waals surface area contributed by atoms with Crippen molar-refractivity contribution in [3.8, 4) is 22.8 Å². The predicted octanol–water partition coefficient (Wildman–Crippen LogP) is 3.28. The number of piperidine rings is 1. The third-order valence-corrected chi connectivity index (χ3v) is 5.74. The summed E-state index contributed by atoms with van der Waals surface area (Å²) in [5.41, 5.74) is 3.14. The molecule has 0 aliphatic carbocycles. The topological polar surface area (TPSA) is 59.1 Å². The van der Waals surface area contributed by atoms with E-state index in [2.05, 4.69) is 38.1 Å². The Morgan fingerprint density at radius 2 is 1.93 bits per heavy atom. The quantitative estimate of drug-likeness (QED) is 0.684. The molecule has 1 fully saturated rings. The van der Waals surface area contributed by atoms with Crippen molar-refractivity contribution < 1.29 is 5.11 Å². The summed E-state index contributed by atoms with van der Waals surface area (Å²) in [7, 11) is 0. The number of aliphatic hydroxyl groups excluding tert-OH is 1. The van der Waals surface area contributed by atoms with Crippen LogP contribution < -0.4 is 0 Å². The maximum absolute atomic E-state index is 9.71. The zero-order valence-electron chi connectivity index (χ0n) is 16.5. The van der Waals surface area contributed by atoms with Gasteiger partial charge in [0.2, 0.25) is 0 Å². The Hall–Kier alpha value is -2.44. The van der Waals surface area contributed by atoms with Crippen LogP contribution >= 0.6 is 0 Å². The number of hydrogen-bond acceptors (Lipinski definition) is 4. The monoisotopic (exact) mass is 379 g/mol. The zero-order valence-corrected chi connectivity index (χ0v) is 16.5. The lowest BCUT2D eigenvalue weighted by Crippen LogP contribution is -2.43. The van der Waals surface area contributed by atoms with Gasteiger partial charge in [0, 0.05) is 43.6 Å². The zero-order chi connectivity index (χ0) is 19.3. The minimum atomic E-state index is 0.242. The molecule has 3 heterocycles. The maximum Gasteiger partial charge on any atom is 0.158 e. The van der Waals surface area contributed by atoms with Crippen LogP contribution in [0, 0.1) is 0 Å². The Bertz CT molecular complexity index is 885. The first kappa shape index (κ1) is 18.9. The highest BCUT2D eigenvalue weighted by molar-refractivity contribution is 5.75. The SMILES string of the molecule is CCn1ccnc1-c1c(-c2ccccc2)ncn1CCN1CCCC[C@@H]1CO. The van der Waals surface area contributed by atoms with Gasteiger partial charge in [-0.15, -0.1) is 0 Å². The van der Waals surface area contributed by atoms with Crippen molar-refractivity contribution in [3.05, 3.63) is 49.1 Å². The number of rotatable bonds is 7. The molecule has 1 aliphatic heterocycles. The Morgan fingerprint density at radius 3 is 2.71 bits per heavy atom. The maximum atomic E-state index is 9.71. The van der Waals surface area contributed by atoms with E-state index in [1.165, 1.54) is 12.8 Å². The van der Waals surface area contributed by atoms with Crippen molar-refractivity contribution in [2.24, 2.45) is 0 Å². The minimum absolute atomic E-state index is 0.242. The lowest BCUT2D eigenvalue weighted by molar-refractivity contribution is 0.0872. The fourth-order valence-electron chi connectivity index (χ4n) is 4.17. The van der Waals surface area contributed by atoms with E-state index in [0.717, 1.165) is 55.4 Å². The molecular formula is C22H29N5O. The Morgan fingerprint density at radius 1 is 1.07 bits per heavy atom. The summed E-state index contributed by atoms with van der Waals surface area (Å²) in [6, 6.07) is 10.6. The second-order valence-electron chi connectivity index (χ2n) is 7.41. The van der Waals surface area contributed by atoms with Gasteiger partial charge >= 0.3 is 0 Å². The Kier molecular flexibility index (Phi) is 5.88. The molecule has 0 spiro atoms. The summed E-state index contributed by atoms with van der Waals surface area (Å²) < 4.78 is 4.39. The van der Waals surface area contributed by atoms with Gasteiger partial charge in [0.1, 0.15) is 5.69 Å². The molecule has 28 heavy (non-hydrogen) atoms. The number of aromatic nitrogens is 4. The minimum Gasteiger partial charge on any atom is -0.395 e. The van der Waals surface area contributed by atoms with E-state index < -0.39 is 0 Å². The van der Waals surface area contributed by atoms with Crippen molar-refractivity contribution in [1.82, 2.24) is 24.0 Å². The van der Waals surface area contributed by atoms with E-state index in [1.54, 1.807) is 0 Å². The second-order valence-corrected chi connectivity index (χ2v) is 7.41. The molecule has 0 radical (unpaired) electrons.